The van der Waals surface area contributed by atoms with Gasteiger partial charge in [0.15, 0.2) is 0 Å². The summed E-state index contributed by atoms with van der Waals surface area (Å²) in [6, 6.07) is 0. The Labute approximate surface area is 55.5 Å². The molecule has 1 fully saturated rings. The highest BCUT2D eigenvalue weighted by Crippen LogP contribution is 2.35. The summed E-state index contributed by atoms with van der Waals surface area (Å²) in [5.41, 5.74) is 0. The van der Waals surface area contributed by atoms with E-state index in [4.69, 9.17) is 5.11 Å². The topological polar surface area (TPSA) is 40.5 Å². The fraction of sp³-hybridized carbons (Fsp3) is 1.00. The van der Waals surface area contributed by atoms with E-state index in [1.54, 1.807) is 6.92 Å². The Balaban J connectivity index is 2.33. The SMILES string of the molecule is CC(O)C1CC(C)C1O. The maximum absolute atomic E-state index is 9.19. The van der Waals surface area contributed by atoms with Crippen LogP contribution in [0.5, 0.6) is 0 Å². The zero-order valence-corrected chi connectivity index (χ0v) is 5.91. The molecule has 1 saturated carbocycles. The van der Waals surface area contributed by atoms with E-state index in [1.807, 2.05) is 6.92 Å². The zero-order valence-electron chi connectivity index (χ0n) is 5.91. The van der Waals surface area contributed by atoms with Crippen LogP contribution in [0.2, 0.25) is 0 Å². The zero-order chi connectivity index (χ0) is 7.02. The first-order chi connectivity index (χ1) is 4.13. The van der Waals surface area contributed by atoms with Crippen molar-refractivity contribution in [2.75, 3.05) is 0 Å². The standard InChI is InChI=1S/C7H14O2/c1-4-3-6(5(2)8)7(4)9/h4-9H,3H2,1-2H3. The van der Waals surface area contributed by atoms with E-state index in [0.29, 0.717) is 5.92 Å². The van der Waals surface area contributed by atoms with Crippen molar-refractivity contribution in [3.05, 3.63) is 0 Å². The number of hydrogen-bond donors (Lipinski definition) is 2. The number of rotatable bonds is 1. The molecular formula is C7H14O2. The third-order valence-electron chi connectivity index (χ3n) is 2.29. The van der Waals surface area contributed by atoms with E-state index < -0.39 is 0 Å². The summed E-state index contributed by atoms with van der Waals surface area (Å²) in [7, 11) is 0. The van der Waals surface area contributed by atoms with E-state index in [9.17, 15) is 5.11 Å². The van der Waals surface area contributed by atoms with Gasteiger partial charge in [0.2, 0.25) is 0 Å². The third-order valence-corrected chi connectivity index (χ3v) is 2.29. The molecule has 1 aliphatic rings. The summed E-state index contributed by atoms with van der Waals surface area (Å²) in [6.45, 7) is 3.74. The van der Waals surface area contributed by atoms with E-state index in [2.05, 4.69) is 0 Å². The Bertz CT molecular complexity index is 101. The van der Waals surface area contributed by atoms with Gasteiger partial charge in [0.1, 0.15) is 0 Å². The molecule has 0 bridgehead atoms. The van der Waals surface area contributed by atoms with Crippen molar-refractivity contribution >= 4 is 0 Å². The molecule has 0 aromatic rings. The van der Waals surface area contributed by atoms with Crippen molar-refractivity contribution in [3.63, 3.8) is 0 Å². The van der Waals surface area contributed by atoms with Gasteiger partial charge in [-0.1, -0.05) is 6.92 Å². The lowest BCUT2D eigenvalue weighted by atomic mass is 9.70. The van der Waals surface area contributed by atoms with Gasteiger partial charge in [0.05, 0.1) is 12.2 Å². The molecule has 0 heterocycles. The highest BCUT2D eigenvalue weighted by Gasteiger charge is 2.38. The summed E-state index contributed by atoms with van der Waals surface area (Å²) in [5, 5.41) is 18.2. The third kappa shape index (κ3) is 1.10. The highest BCUT2D eigenvalue weighted by atomic mass is 16.3. The first kappa shape index (κ1) is 7.03. The van der Waals surface area contributed by atoms with Crippen molar-refractivity contribution in [2.45, 2.75) is 32.5 Å². The van der Waals surface area contributed by atoms with Gasteiger partial charge in [-0.2, -0.15) is 0 Å². The summed E-state index contributed by atoms with van der Waals surface area (Å²) < 4.78 is 0. The molecule has 4 unspecified atom stereocenters. The lowest BCUT2D eigenvalue weighted by Gasteiger charge is -2.40. The highest BCUT2D eigenvalue weighted by molar-refractivity contribution is 4.88. The van der Waals surface area contributed by atoms with Crippen molar-refractivity contribution < 1.29 is 10.2 Å². The second-order valence-corrected chi connectivity index (χ2v) is 3.11. The van der Waals surface area contributed by atoms with Gasteiger partial charge >= 0.3 is 0 Å². The first-order valence-corrected chi connectivity index (χ1v) is 3.49. The van der Waals surface area contributed by atoms with Gasteiger partial charge in [-0.25, -0.2) is 0 Å². The number of hydrogen-bond acceptors (Lipinski definition) is 2. The number of aliphatic hydroxyl groups is 2. The minimum Gasteiger partial charge on any atom is -0.393 e. The van der Waals surface area contributed by atoms with Crippen LogP contribution in [0.3, 0.4) is 0 Å². The molecule has 2 N–H and O–H groups in total. The van der Waals surface area contributed by atoms with Crippen LogP contribution in [0, 0.1) is 11.8 Å². The molecule has 0 spiro atoms. The van der Waals surface area contributed by atoms with E-state index in [1.165, 1.54) is 0 Å². The molecule has 2 nitrogen and oxygen atoms in total. The summed E-state index contributed by atoms with van der Waals surface area (Å²) in [4.78, 5) is 0. The molecular weight excluding hydrogens is 116 g/mol. The van der Waals surface area contributed by atoms with Crippen LogP contribution in [0.1, 0.15) is 20.3 Å². The van der Waals surface area contributed by atoms with Crippen LogP contribution in [-0.4, -0.2) is 22.4 Å². The Morgan fingerprint density at radius 2 is 2.11 bits per heavy atom. The summed E-state index contributed by atoms with van der Waals surface area (Å²) >= 11 is 0. The molecule has 0 aromatic heterocycles. The van der Waals surface area contributed by atoms with Crippen LogP contribution in [0.15, 0.2) is 0 Å². The quantitative estimate of drug-likeness (QED) is 0.539. The predicted molar refractivity (Wildman–Crippen MR) is 35.0 cm³/mol. The lowest BCUT2D eigenvalue weighted by Crippen LogP contribution is -2.45. The van der Waals surface area contributed by atoms with Gasteiger partial charge < -0.3 is 10.2 Å². The molecule has 1 rings (SSSR count). The fourth-order valence-electron chi connectivity index (χ4n) is 1.42. The minimum atomic E-state index is -0.337. The summed E-state index contributed by atoms with van der Waals surface area (Å²) in [6.07, 6.45) is 0.375. The van der Waals surface area contributed by atoms with E-state index in [0.717, 1.165) is 6.42 Å². The van der Waals surface area contributed by atoms with Crippen molar-refractivity contribution in [1.82, 2.24) is 0 Å². The molecule has 0 radical (unpaired) electrons. The van der Waals surface area contributed by atoms with Crippen LogP contribution in [0.25, 0.3) is 0 Å². The molecule has 0 amide bonds. The van der Waals surface area contributed by atoms with Gasteiger partial charge in [0, 0.05) is 5.92 Å². The monoisotopic (exact) mass is 130 g/mol. The van der Waals surface area contributed by atoms with E-state index >= 15 is 0 Å². The molecule has 0 saturated heterocycles. The van der Waals surface area contributed by atoms with Gasteiger partial charge in [-0.3, -0.25) is 0 Å². The molecule has 2 heteroatoms. The lowest BCUT2D eigenvalue weighted by molar-refractivity contribution is -0.0856. The van der Waals surface area contributed by atoms with E-state index in [-0.39, 0.29) is 18.1 Å². The van der Waals surface area contributed by atoms with Crippen LogP contribution < -0.4 is 0 Å². The molecule has 4 atom stereocenters. The Morgan fingerprint density at radius 3 is 2.22 bits per heavy atom. The van der Waals surface area contributed by atoms with Crippen LogP contribution in [-0.2, 0) is 0 Å². The van der Waals surface area contributed by atoms with Crippen molar-refractivity contribution in [1.29, 1.82) is 0 Å². The van der Waals surface area contributed by atoms with Gasteiger partial charge in [-0.15, -0.1) is 0 Å². The second kappa shape index (κ2) is 2.27. The molecule has 9 heavy (non-hydrogen) atoms. The smallest absolute Gasteiger partial charge is 0.0618 e. The molecule has 0 aromatic carbocycles. The fourth-order valence-corrected chi connectivity index (χ4v) is 1.42. The van der Waals surface area contributed by atoms with Crippen molar-refractivity contribution in [3.8, 4) is 0 Å². The maximum atomic E-state index is 9.19. The molecule has 54 valence electrons. The largest absolute Gasteiger partial charge is 0.393 e. The average Bonchev–Trinajstić information content (AvgIpc) is 1.81. The number of aliphatic hydroxyl groups excluding tert-OH is 2. The summed E-state index contributed by atoms with van der Waals surface area (Å²) in [5.74, 6) is 0.532. The van der Waals surface area contributed by atoms with Crippen molar-refractivity contribution in [2.24, 2.45) is 11.8 Å². The normalized spacial score (nSPS) is 46.0. The minimum absolute atomic E-state index is 0.139. The molecule has 1 aliphatic carbocycles. The van der Waals surface area contributed by atoms with Crippen LogP contribution >= 0.6 is 0 Å². The Morgan fingerprint density at radius 1 is 1.56 bits per heavy atom. The van der Waals surface area contributed by atoms with Gasteiger partial charge in [-0.05, 0) is 19.3 Å². The Kier molecular flexibility index (Phi) is 1.78. The maximum Gasteiger partial charge on any atom is 0.0618 e. The predicted octanol–water partition coefficient (Wildman–Crippen LogP) is 0.384. The Hall–Kier alpha value is -0.0800. The average molecular weight is 130 g/mol. The van der Waals surface area contributed by atoms with Gasteiger partial charge in [0.25, 0.3) is 0 Å². The molecule has 0 aliphatic heterocycles. The van der Waals surface area contributed by atoms with Crippen LogP contribution in [0.4, 0.5) is 0 Å². The second-order valence-electron chi connectivity index (χ2n) is 3.11. The first-order valence-electron chi connectivity index (χ1n) is 3.49.